The van der Waals surface area contributed by atoms with Crippen molar-refractivity contribution < 1.29 is 9.22 Å². The van der Waals surface area contributed by atoms with Crippen molar-refractivity contribution in [1.29, 1.82) is 0 Å². The van der Waals surface area contributed by atoms with E-state index < -0.39 is 13.7 Å². The van der Waals surface area contributed by atoms with Crippen molar-refractivity contribution in [1.82, 2.24) is 0 Å². The van der Waals surface area contributed by atoms with Gasteiger partial charge in [-0.15, -0.1) is 0 Å². The fourth-order valence-corrected chi connectivity index (χ4v) is 11.0. The third-order valence-electron chi connectivity index (χ3n) is 7.31. The van der Waals surface area contributed by atoms with Gasteiger partial charge in [-0.2, -0.15) is 0 Å². The van der Waals surface area contributed by atoms with E-state index in [1.54, 1.807) is 0 Å². The SMILES string of the molecule is CC(C)[Si](Oc1ccc(C[C@H]2C(=O)C(C)(C)c3ccccc32)cc1)(C(C)C)C(C)C. The van der Waals surface area contributed by atoms with Gasteiger partial charge in [-0.1, -0.05) is 77.9 Å². The third-order valence-corrected chi connectivity index (χ3v) is 13.3. The van der Waals surface area contributed by atoms with Gasteiger partial charge in [0.1, 0.15) is 5.75 Å². The van der Waals surface area contributed by atoms with Crippen LogP contribution in [0.3, 0.4) is 0 Å². The summed E-state index contributed by atoms with van der Waals surface area (Å²) in [6.07, 6.45) is 0.751. The molecule has 0 spiro atoms. The fourth-order valence-electron chi connectivity index (χ4n) is 5.77. The van der Waals surface area contributed by atoms with Crippen LogP contribution in [0, 0.1) is 0 Å². The van der Waals surface area contributed by atoms with Crippen LogP contribution in [0.15, 0.2) is 48.5 Å². The first-order chi connectivity index (χ1) is 14.0. The molecule has 3 heteroatoms. The topological polar surface area (TPSA) is 26.3 Å². The molecule has 0 fully saturated rings. The first-order valence-electron chi connectivity index (χ1n) is 11.4. The molecule has 0 amide bonds. The number of fused-ring (bicyclic) bond motifs is 1. The van der Waals surface area contributed by atoms with Crippen LogP contribution < -0.4 is 4.43 Å². The summed E-state index contributed by atoms with van der Waals surface area (Å²) in [7, 11) is -1.95. The smallest absolute Gasteiger partial charge is 0.258 e. The minimum Gasteiger partial charge on any atom is -0.543 e. The van der Waals surface area contributed by atoms with E-state index in [0.29, 0.717) is 22.4 Å². The summed E-state index contributed by atoms with van der Waals surface area (Å²) in [6, 6.07) is 16.8. The highest BCUT2D eigenvalue weighted by molar-refractivity contribution is 6.78. The number of ketones is 1. The van der Waals surface area contributed by atoms with Crippen LogP contribution in [-0.2, 0) is 16.6 Å². The van der Waals surface area contributed by atoms with Gasteiger partial charge in [-0.3, -0.25) is 4.79 Å². The van der Waals surface area contributed by atoms with Crippen LogP contribution in [0.25, 0.3) is 0 Å². The molecule has 0 aromatic heterocycles. The standard InChI is InChI=1S/C27H38O2Si/c1-18(2)30(19(3)4,20(5)6)29-22-15-13-21(14-16-22)17-24-23-11-9-10-12-25(23)27(7,8)26(24)28/h9-16,18-20,24H,17H2,1-8H3/t24-/m1/s1. The van der Waals surface area contributed by atoms with Crippen LogP contribution in [0.2, 0.25) is 16.6 Å². The molecule has 1 aliphatic carbocycles. The minimum absolute atomic E-state index is 0.0570. The third kappa shape index (κ3) is 3.77. The van der Waals surface area contributed by atoms with E-state index in [-0.39, 0.29) is 5.92 Å². The molecule has 2 aromatic rings. The number of hydrogen-bond acceptors (Lipinski definition) is 2. The van der Waals surface area contributed by atoms with Crippen LogP contribution in [0.1, 0.15) is 78.0 Å². The van der Waals surface area contributed by atoms with Gasteiger partial charge in [0.2, 0.25) is 0 Å². The van der Waals surface area contributed by atoms with Gasteiger partial charge in [0.05, 0.1) is 0 Å². The lowest BCUT2D eigenvalue weighted by Crippen LogP contribution is -2.50. The lowest BCUT2D eigenvalue weighted by atomic mass is 9.84. The Bertz CT molecular complexity index is 872. The quantitative estimate of drug-likeness (QED) is 0.434. The van der Waals surface area contributed by atoms with Gasteiger partial charge in [0, 0.05) is 11.3 Å². The lowest BCUT2D eigenvalue weighted by molar-refractivity contribution is -0.123. The highest BCUT2D eigenvalue weighted by atomic mass is 28.4. The number of hydrogen-bond donors (Lipinski definition) is 0. The maximum atomic E-state index is 13.1. The molecule has 2 nitrogen and oxygen atoms in total. The second-order valence-corrected chi connectivity index (χ2v) is 15.8. The summed E-state index contributed by atoms with van der Waals surface area (Å²) in [6.45, 7) is 18.0. The second-order valence-electron chi connectivity index (χ2n) is 10.4. The van der Waals surface area contributed by atoms with Crippen LogP contribution in [-0.4, -0.2) is 14.1 Å². The van der Waals surface area contributed by atoms with Gasteiger partial charge in [-0.25, -0.2) is 0 Å². The van der Waals surface area contributed by atoms with E-state index in [1.807, 2.05) is 12.1 Å². The number of carbonyl (C=O) groups is 1. The van der Waals surface area contributed by atoms with Crippen LogP contribution in [0.5, 0.6) is 5.75 Å². The Hall–Kier alpha value is -1.87. The minimum atomic E-state index is -1.95. The summed E-state index contributed by atoms with van der Waals surface area (Å²) >= 11 is 0. The number of carbonyl (C=O) groups excluding carboxylic acids is 1. The van der Waals surface area contributed by atoms with E-state index in [0.717, 1.165) is 12.2 Å². The summed E-state index contributed by atoms with van der Waals surface area (Å²) in [5, 5.41) is 0. The van der Waals surface area contributed by atoms with E-state index in [1.165, 1.54) is 16.7 Å². The molecule has 0 saturated carbocycles. The first kappa shape index (κ1) is 22.8. The molecular weight excluding hydrogens is 384 g/mol. The Kier molecular flexibility index (Phi) is 6.34. The molecule has 3 rings (SSSR count). The van der Waals surface area contributed by atoms with Gasteiger partial charge < -0.3 is 4.43 Å². The zero-order valence-electron chi connectivity index (χ0n) is 20.0. The van der Waals surface area contributed by atoms with Crippen molar-refractivity contribution in [3.05, 3.63) is 65.2 Å². The first-order valence-corrected chi connectivity index (χ1v) is 13.6. The van der Waals surface area contributed by atoms with Crippen LogP contribution >= 0.6 is 0 Å². The maximum Gasteiger partial charge on any atom is 0.258 e. The molecule has 1 aliphatic rings. The Labute approximate surface area is 184 Å². The van der Waals surface area contributed by atoms with Crippen LogP contribution in [0.4, 0.5) is 0 Å². The van der Waals surface area contributed by atoms with Crippen molar-refractivity contribution in [3.8, 4) is 5.75 Å². The molecule has 0 heterocycles. The van der Waals surface area contributed by atoms with Gasteiger partial charge in [0.25, 0.3) is 8.32 Å². The second kappa shape index (κ2) is 8.34. The molecule has 30 heavy (non-hydrogen) atoms. The average Bonchev–Trinajstić information content (AvgIpc) is 2.87. The molecular formula is C27H38O2Si. The molecule has 0 aliphatic heterocycles. The normalized spacial score (nSPS) is 18.4. The predicted octanol–water partition coefficient (Wildman–Crippen LogP) is 7.43. The molecule has 0 saturated heterocycles. The molecule has 0 unspecified atom stereocenters. The number of Topliss-reactive ketones (excluding diaryl/α,β-unsaturated/α-hetero) is 1. The summed E-state index contributed by atoms with van der Waals surface area (Å²) in [4.78, 5) is 13.1. The molecule has 0 N–H and O–H groups in total. The van der Waals surface area contributed by atoms with Gasteiger partial charge in [0.15, 0.2) is 5.78 Å². The van der Waals surface area contributed by atoms with Crippen molar-refractivity contribution >= 4 is 14.1 Å². The maximum absolute atomic E-state index is 13.1. The van der Waals surface area contributed by atoms with Gasteiger partial charge >= 0.3 is 0 Å². The number of benzene rings is 2. The zero-order valence-corrected chi connectivity index (χ0v) is 21.0. The number of rotatable bonds is 7. The highest BCUT2D eigenvalue weighted by Gasteiger charge is 2.47. The van der Waals surface area contributed by atoms with E-state index >= 15 is 0 Å². The largest absolute Gasteiger partial charge is 0.543 e. The van der Waals surface area contributed by atoms with Crippen molar-refractivity contribution in [2.75, 3.05) is 0 Å². The summed E-state index contributed by atoms with van der Waals surface area (Å²) in [5.41, 5.74) is 4.81. The fraction of sp³-hybridized carbons (Fsp3) is 0.519. The van der Waals surface area contributed by atoms with Crippen molar-refractivity contribution in [3.63, 3.8) is 0 Å². The van der Waals surface area contributed by atoms with Crippen molar-refractivity contribution in [2.24, 2.45) is 0 Å². The molecule has 2 aromatic carbocycles. The van der Waals surface area contributed by atoms with E-state index in [9.17, 15) is 4.79 Å². The molecule has 0 bridgehead atoms. The summed E-state index contributed by atoms with van der Waals surface area (Å²) in [5.74, 6) is 1.24. The molecule has 1 atom stereocenters. The lowest BCUT2D eigenvalue weighted by Gasteiger charge is -2.42. The molecule has 162 valence electrons. The predicted molar refractivity (Wildman–Crippen MR) is 129 cm³/mol. The van der Waals surface area contributed by atoms with E-state index in [4.69, 9.17) is 4.43 Å². The zero-order chi connectivity index (χ0) is 22.3. The average molecular weight is 423 g/mol. The Balaban J connectivity index is 1.83. The summed E-state index contributed by atoms with van der Waals surface area (Å²) < 4.78 is 6.79. The monoisotopic (exact) mass is 422 g/mol. The van der Waals surface area contributed by atoms with Gasteiger partial charge in [-0.05, 0) is 65.7 Å². The highest BCUT2D eigenvalue weighted by Crippen LogP contribution is 2.45. The Morgan fingerprint density at radius 3 is 1.93 bits per heavy atom. The Morgan fingerprint density at radius 1 is 0.867 bits per heavy atom. The molecule has 0 radical (unpaired) electrons. The van der Waals surface area contributed by atoms with E-state index in [2.05, 4.69) is 91.8 Å². The van der Waals surface area contributed by atoms with Crippen molar-refractivity contribution in [2.45, 2.75) is 89.8 Å². The Morgan fingerprint density at radius 2 is 1.40 bits per heavy atom.